The van der Waals surface area contributed by atoms with Gasteiger partial charge in [0.2, 0.25) is 0 Å². The van der Waals surface area contributed by atoms with E-state index < -0.39 is 9.84 Å². The molecule has 0 saturated carbocycles. The number of ether oxygens (including phenoxy) is 1. The van der Waals surface area contributed by atoms with Crippen molar-refractivity contribution >= 4 is 21.2 Å². The number of benzene rings is 1. The first-order valence-corrected chi connectivity index (χ1v) is 8.71. The lowest BCUT2D eigenvalue weighted by atomic mass is 10.1. The van der Waals surface area contributed by atoms with Crippen LogP contribution in [0.25, 0.3) is 0 Å². The largest absolute Gasteiger partial charge is 0.489 e. The third kappa shape index (κ3) is 3.79. The number of hydrogen-bond donors (Lipinski definition) is 2. The Bertz CT molecular complexity index is 556. The summed E-state index contributed by atoms with van der Waals surface area (Å²) in [5, 5.41) is 3.33. The molecule has 0 amide bonds. The molecule has 1 aromatic carbocycles. The van der Waals surface area contributed by atoms with Gasteiger partial charge in [-0.1, -0.05) is 6.07 Å². The highest BCUT2D eigenvalue weighted by atomic mass is 32.2. The zero-order valence-electron chi connectivity index (χ0n) is 11.9. The molecule has 0 atom stereocenters. The van der Waals surface area contributed by atoms with E-state index >= 15 is 0 Å². The topological polar surface area (TPSA) is 81.4 Å². The first kappa shape index (κ1) is 15.0. The van der Waals surface area contributed by atoms with E-state index in [4.69, 9.17) is 10.5 Å². The molecule has 112 valence electrons. The normalized spacial score (nSPS) is 18.9. The Morgan fingerprint density at radius 3 is 2.55 bits per heavy atom. The Morgan fingerprint density at radius 1 is 1.30 bits per heavy atom. The summed E-state index contributed by atoms with van der Waals surface area (Å²) in [5.41, 5.74) is 7.49. The maximum Gasteiger partial charge on any atom is 0.150 e. The standard InChI is InChI=1S/C14H22N2O3S/c1-10(2)19-13-5-3-4-12(14(13)15)16-11-6-8-20(17,18)9-7-11/h3-5,10-11,16H,6-9,15H2,1-2H3. The van der Waals surface area contributed by atoms with Gasteiger partial charge in [-0.05, 0) is 38.8 Å². The predicted molar refractivity (Wildman–Crippen MR) is 81.9 cm³/mol. The van der Waals surface area contributed by atoms with Crippen LogP contribution in [-0.4, -0.2) is 32.1 Å². The molecule has 0 radical (unpaired) electrons. The van der Waals surface area contributed by atoms with E-state index in [1.54, 1.807) is 0 Å². The fraction of sp³-hybridized carbons (Fsp3) is 0.571. The molecule has 0 spiro atoms. The number of hydrogen-bond acceptors (Lipinski definition) is 5. The summed E-state index contributed by atoms with van der Waals surface area (Å²) >= 11 is 0. The van der Waals surface area contributed by atoms with Gasteiger partial charge in [-0.2, -0.15) is 0 Å². The molecule has 0 bridgehead atoms. The second-order valence-electron chi connectivity index (χ2n) is 5.45. The Kier molecular flexibility index (Phi) is 4.42. The van der Waals surface area contributed by atoms with Crippen molar-refractivity contribution in [3.8, 4) is 5.75 Å². The summed E-state index contributed by atoms with van der Waals surface area (Å²) in [6.45, 7) is 3.90. The van der Waals surface area contributed by atoms with Gasteiger partial charge in [0, 0.05) is 6.04 Å². The molecule has 6 heteroatoms. The van der Waals surface area contributed by atoms with Gasteiger partial charge in [-0.3, -0.25) is 0 Å². The lowest BCUT2D eigenvalue weighted by Gasteiger charge is -2.25. The second kappa shape index (κ2) is 5.91. The van der Waals surface area contributed by atoms with Crippen LogP contribution in [-0.2, 0) is 9.84 Å². The molecular formula is C14H22N2O3S. The third-order valence-electron chi connectivity index (χ3n) is 3.34. The second-order valence-corrected chi connectivity index (χ2v) is 7.76. The molecule has 0 aliphatic carbocycles. The highest BCUT2D eigenvalue weighted by molar-refractivity contribution is 7.91. The van der Waals surface area contributed by atoms with Gasteiger partial charge < -0.3 is 15.8 Å². The SMILES string of the molecule is CC(C)Oc1cccc(NC2CCS(=O)(=O)CC2)c1N. The van der Waals surface area contributed by atoms with Gasteiger partial charge in [0.05, 0.1) is 29.0 Å². The van der Waals surface area contributed by atoms with E-state index in [-0.39, 0.29) is 23.7 Å². The van der Waals surface area contributed by atoms with E-state index in [2.05, 4.69) is 5.32 Å². The summed E-state index contributed by atoms with van der Waals surface area (Å²) in [6, 6.07) is 5.77. The van der Waals surface area contributed by atoms with Crippen molar-refractivity contribution in [2.75, 3.05) is 22.6 Å². The Labute approximate surface area is 120 Å². The Balaban J connectivity index is 2.06. The minimum atomic E-state index is -2.84. The summed E-state index contributed by atoms with van der Waals surface area (Å²) < 4.78 is 28.5. The highest BCUT2D eigenvalue weighted by Gasteiger charge is 2.24. The number of nitrogens with two attached hydrogens (primary N) is 1. The fourth-order valence-corrected chi connectivity index (χ4v) is 3.77. The molecule has 5 nitrogen and oxygen atoms in total. The fourth-order valence-electron chi connectivity index (χ4n) is 2.28. The molecule has 20 heavy (non-hydrogen) atoms. The number of sulfone groups is 1. The molecule has 0 aromatic heterocycles. The number of nitrogens with one attached hydrogen (secondary N) is 1. The van der Waals surface area contributed by atoms with Gasteiger partial charge in [-0.15, -0.1) is 0 Å². The minimum Gasteiger partial charge on any atom is -0.489 e. The van der Waals surface area contributed by atoms with E-state index in [9.17, 15) is 8.42 Å². The smallest absolute Gasteiger partial charge is 0.150 e. The number of anilines is 2. The van der Waals surface area contributed by atoms with Crippen LogP contribution in [0.15, 0.2) is 18.2 Å². The lowest BCUT2D eigenvalue weighted by Crippen LogP contribution is -2.32. The number of nitrogen functional groups attached to an aromatic ring is 1. The van der Waals surface area contributed by atoms with Crippen molar-refractivity contribution in [2.45, 2.75) is 38.8 Å². The highest BCUT2D eigenvalue weighted by Crippen LogP contribution is 2.31. The van der Waals surface area contributed by atoms with Crippen LogP contribution >= 0.6 is 0 Å². The summed E-state index contributed by atoms with van der Waals surface area (Å²) in [5.74, 6) is 1.15. The zero-order chi connectivity index (χ0) is 14.8. The van der Waals surface area contributed by atoms with E-state index in [0.717, 1.165) is 5.69 Å². The molecule has 1 fully saturated rings. The summed E-state index contributed by atoms with van der Waals surface area (Å²) in [6.07, 6.45) is 1.31. The summed E-state index contributed by atoms with van der Waals surface area (Å²) in [4.78, 5) is 0. The third-order valence-corrected chi connectivity index (χ3v) is 5.06. The maximum absolute atomic E-state index is 11.4. The molecule has 1 aliphatic rings. The Hall–Kier alpha value is -1.43. The quantitative estimate of drug-likeness (QED) is 0.831. The van der Waals surface area contributed by atoms with Crippen molar-refractivity contribution in [3.63, 3.8) is 0 Å². The van der Waals surface area contributed by atoms with Crippen molar-refractivity contribution in [1.82, 2.24) is 0 Å². The molecule has 2 rings (SSSR count). The molecular weight excluding hydrogens is 276 g/mol. The maximum atomic E-state index is 11.4. The molecule has 1 aliphatic heterocycles. The molecule has 1 heterocycles. The van der Waals surface area contributed by atoms with Crippen molar-refractivity contribution in [2.24, 2.45) is 0 Å². The average Bonchev–Trinajstić information content (AvgIpc) is 2.36. The van der Waals surface area contributed by atoms with E-state index in [1.165, 1.54) is 0 Å². The first-order chi connectivity index (χ1) is 9.37. The van der Waals surface area contributed by atoms with Gasteiger partial charge >= 0.3 is 0 Å². The van der Waals surface area contributed by atoms with Crippen molar-refractivity contribution in [3.05, 3.63) is 18.2 Å². The van der Waals surface area contributed by atoms with Gasteiger partial charge in [-0.25, -0.2) is 8.42 Å². The predicted octanol–water partition coefficient (Wildman–Crippen LogP) is 2.05. The van der Waals surface area contributed by atoms with Crippen molar-refractivity contribution < 1.29 is 13.2 Å². The summed E-state index contributed by atoms with van der Waals surface area (Å²) in [7, 11) is -2.84. The zero-order valence-corrected chi connectivity index (χ0v) is 12.7. The Morgan fingerprint density at radius 2 is 1.95 bits per heavy atom. The first-order valence-electron chi connectivity index (χ1n) is 6.89. The average molecular weight is 298 g/mol. The van der Waals surface area contributed by atoms with Crippen LogP contribution in [0.4, 0.5) is 11.4 Å². The van der Waals surface area contributed by atoms with Gasteiger partial charge in [0.1, 0.15) is 15.6 Å². The lowest BCUT2D eigenvalue weighted by molar-refractivity contribution is 0.244. The molecule has 1 aromatic rings. The van der Waals surface area contributed by atoms with Crippen LogP contribution in [0.2, 0.25) is 0 Å². The van der Waals surface area contributed by atoms with Gasteiger partial charge in [0.15, 0.2) is 0 Å². The molecule has 1 saturated heterocycles. The van der Waals surface area contributed by atoms with Crippen molar-refractivity contribution in [1.29, 1.82) is 0 Å². The van der Waals surface area contributed by atoms with E-state index in [1.807, 2.05) is 32.0 Å². The van der Waals surface area contributed by atoms with Crippen LogP contribution in [0.1, 0.15) is 26.7 Å². The van der Waals surface area contributed by atoms with E-state index in [0.29, 0.717) is 24.3 Å². The van der Waals surface area contributed by atoms with Gasteiger partial charge in [0.25, 0.3) is 0 Å². The van der Waals surface area contributed by atoms with Crippen LogP contribution < -0.4 is 15.8 Å². The monoisotopic (exact) mass is 298 g/mol. The molecule has 0 unspecified atom stereocenters. The number of rotatable bonds is 4. The van der Waals surface area contributed by atoms with Crippen LogP contribution in [0.5, 0.6) is 5.75 Å². The minimum absolute atomic E-state index is 0.0624. The molecule has 3 N–H and O–H groups in total. The van der Waals surface area contributed by atoms with Crippen LogP contribution in [0, 0.1) is 0 Å². The number of para-hydroxylation sites is 1. The van der Waals surface area contributed by atoms with Crippen LogP contribution in [0.3, 0.4) is 0 Å².